The highest BCUT2D eigenvalue weighted by atomic mass is 19.1. The van der Waals surface area contributed by atoms with E-state index in [0.717, 1.165) is 61.3 Å². The van der Waals surface area contributed by atoms with E-state index in [4.69, 9.17) is 4.42 Å². The summed E-state index contributed by atoms with van der Waals surface area (Å²) >= 11 is 0. The standard InChI is InChI=1S/C49H31FN2O/c50-32-23-21-31(22-24-32)48-40-16-5-4-13-36(40)37-27-25-34(30-43(37)48)51(46-19-10-17-41-39-15-7-9-20-47(39)53-49(41)46)35-26-28-45-42(29-35)38-14-6-8-18-44(38)52(45)33-11-2-1-3-12-33/h1-30,48H. The van der Waals surface area contributed by atoms with Gasteiger partial charge in [0.2, 0.25) is 0 Å². The van der Waals surface area contributed by atoms with Crippen molar-refractivity contribution >= 4 is 60.8 Å². The fourth-order valence-electron chi connectivity index (χ4n) is 8.64. The maximum absolute atomic E-state index is 14.2. The first-order chi connectivity index (χ1) is 26.2. The Balaban J connectivity index is 1.18. The predicted octanol–water partition coefficient (Wildman–Crippen LogP) is 13.5. The highest BCUT2D eigenvalue weighted by Crippen LogP contribution is 2.51. The molecule has 0 saturated carbocycles. The monoisotopic (exact) mass is 682 g/mol. The Kier molecular flexibility index (Phi) is 6.49. The third-order valence-electron chi connectivity index (χ3n) is 10.9. The number of benzene rings is 8. The molecule has 3 nitrogen and oxygen atoms in total. The van der Waals surface area contributed by atoms with E-state index in [2.05, 4.69) is 155 Å². The zero-order chi connectivity index (χ0) is 35.0. The fraction of sp³-hybridized carbons (Fsp3) is 0.0204. The van der Waals surface area contributed by atoms with E-state index in [-0.39, 0.29) is 11.7 Å². The minimum absolute atomic E-state index is 0.0306. The molecule has 0 amide bonds. The van der Waals surface area contributed by atoms with Crippen LogP contribution in [0.2, 0.25) is 0 Å². The van der Waals surface area contributed by atoms with Crippen LogP contribution in [0.3, 0.4) is 0 Å². The number of anilines is 3. The van der Waals surface area contributed by atoms with Crippen LogP contribution in [-0.2, 0) is 0 Å². The minimum atomic E-state index is -0.233. The SMILES string of the molecule is Fc1ccc(C2c3ccccc3-c3ccc(N(c4ccc5c(c4)c4ccccc4n5-c4ccccc4)c4cccc5c4oc4ccccc45)cc32)cc1. The first-order valence-corrected chi connectivity index (χ1v) is 18.0. The molecule has 10 aromatic rings. The lowest BCUT2D eigenvalue weighted by molar-refractivity contribution is 0.627. The molecule has 0 aliphatic heterocycles. The molecule has 1 aliphatic carbocycles. The van der Waals surface area contributed by atoms with E-state index >= 15 is 0 Å². The molecule has 8 aromatic carbocycles. The molecule has 0 radical (unpaired) electrons. The lowest BCUT2D eigenvalue weighted by Gasteiger charge is -2.27. The van der Waals surface area contributed by atoms with Crippen molar-refractivity contribution in [1.29, 1.82) is 0 Å². The Morgan fingerprint density at radius 3 is 2.06 bits per heavy atom. The number of nitrogens with zero attached hydrogens (tertiary/aromatic N) is 2. The number of para-hydroxylation sites is 4. The van der Waals surface area contributed by atoms with Gasteiger partial charge < -0.3 is 13.9 Å². The maximum atomic E-state index is 14.2. The smallest absolute Gasteiger partial charge is 0.159 e. The maximum Gasteiger partial charge on any atom is 0.159 e. The molecular weight excluding hydrogens is 652 g/mol. The summed E-state index contributed by atoms with van der Waals surface area (Å²) in [6.45, 7) is 0. The van der Waals surface area contributed by atoms with E-state index in [9.17, 15) is 4.39 Å². The van der Waals surface area contributed by atoms with Crippen molar-refractivity contribution in [1.82, 2.24) is 4.57 Å². The van der Waals surface area contributed by atoms with Crippen molar-refractivity contribution in [3.8, 4) is 16.8 Å². The van der Waals surface area contributed by atoms with Gasteiger partial charge in [0.25, 0.3) is 0 Å². The van der Waals surface area contributed by atoms with Crippen LogP contribution in [0.4, 0.5) is 21.5 Å². The van der Waals surface area contributed by atoms with Gasteiger partial charge in [-0.05, 0) is 101 Å². The highest BCUT2D eigenvalue weighted by Gasteiger charge is 2.31. The first kappa shape index (κ1) is 29.8. The summed E-state index contributed by atoms with van der Waals surface area (Å²) in [6.07, 6.45) is 0. The lowest BCUT2D eigenvalue weighted by atomic mass is 9.89. The second-order valence-corrected chi connectivity index (χ2v) is 13.8. The van der Waals surface area contributed by atoms with E-state index in [1.165, 1.54) is 33.0 Å². The third kappa shape index (κ3) is 4.52. The van der Waals surface area contributed by atoms with Gasteiger partial charge in [-0.3, -0.25) is 0 Å². The van der Waals surface area contributed by atoms with Crippen molar-refractivity contribution in [3.63, 3.8) is 0 Å². The number of hydrogen-bond donors (Lipinski definition) is 0. The number of fused-ring (bicyclic) bond motifs is 9. The largest absolute Gasteiger partial charge is 0.454 e. The van der Waals surface area contributed by atoms with Crippen LogP contribution in [0.25, 0.3) is 60.6 Å². The van der Waals surface area contributed by atoms with Crippen LogP contribution < -0.4 is 4.90 Å². The third-order valence-corrected chi connectivity index (χ3v) is 10.9. The zero-order valence-electron chi connectivity index (χ0n) is 28.6. The Morgan fingerprint density at radius 2 is 1.17 bits per heavy atom. The van der Waals surface area contributed by atoms with Crippen LogP contribution in [0.15, 0.2) is 186 Å². The van der Waals surface area contributed by atoms with Crippen molar-refractivity contribution in [2.75, 3.05) is 4.90 Å². The first-order valence-electron chi connectivity index (χ1n) is 18.0. The quantitative estimate of drug-likeness (QED) is 0.180. The number of hydrogen-bond acceptors (Lipinski definition) is 2. The molecule has 53 heavy (non-hydrogen) atoms. The van der Waals surface area contributed by atoms with Crippen molar-refractivity contribution < 1.29 is 8.81 Å². The van der Waals surface area contributed by atoms with Crippen molar-refractivity contribution in [3.05, 3.63) is 204 Å². The molecule has 250 valence electrons. The summed E-state index contributed by atoms with van der Waals surface area (Å²) in [4.78, 5) is 2.34. The summed E-state index contributed by atoms with van der Waals surface area (Å²) in [7, 11) is 0. The molecule has 0 spiro atoms. The van der Waals surface area contributed by atoms with E-state index in [0.29, 0.717) is 0 Å². The van der Waals surface area contributed by atoms with Gasteiger partial charge in [0.05, 0.1) is 16.7 Å². The second kappa shape index (κ2) is 11.6. The normalized spacial score (nSPS) is 13.6. The summed E-state index contributed by atoms with van der Waals surface area (Å²) in [6, 6.07) is 63.0. The molecule has 1 aliphatic rings. The van der Waals surface area contributed by atoms with Gasteiger partial charge in [-0.25, -0.2) is 4.39 Å². The molecular formula is C49H31FN2O. The Labute approximate surface area is 305 Å². The molecule has 2 aromatic heterocycles. The average Bonchev–Trinajstić information content (AvgIpc) is 3.87. The van der Waals surface area contributed by atoms with Crippen LogP contribution in [0, 0.1) is 5.82 Å². The average molecular weight is 683 g/mol. The molecule has 0 bridgehead atoms. The number of halogens is 1. The van der Waals surface area contributed by atoms with Gasteiger partial charge >= 0.3 is 0 Å². The highest BCUT2D eigenvalue weighted by molar-refractivity contribution is 6.13. The molecule has 0 N–H and O–H groups in total. The van der Waals surface area contributed by atoms with Crippen molar-refractivity contribution in [2.45, 2.75) is 5.92 Å². The van der Waals surface area contributed by atoms with Gasteiger partial charge in [-0.2, -0.15) is 0 Å². The van der Waals surface area contributed by atoms with Gasteiger partial charge in [0, 0.05) is 44.5 Å². The summed E-state index contributed by atoms with van der Waals surface area (Å²) in [5.74, 6) is -0.264. The molecule has 0 fully saturated rings. The molecule has 2 heterocycles. The van der Waals surface area contributed by atoms with Crippen molar-refractivity contribution in [2.24, 2.45) is 0 Å². The number of rotatable bonds is 5. The Morgan fingerprint density at radius 1 is 0.491 bits per heavy atom. The molecule has 1 unspecified atom stereocenters. The van der Waals surface area contributed by atoms with Gasteiger partial charge in [-0.15, -0.1) is 0 Å². The van der Waals surface area contributed by atoms with Crippen LogP contribution in [-0.4, -0.2) is 4.57 Å². The molecule has 11 rings (SSSR count). The van der Waals surface area contributed by atoms with E-state index in [1.807, 2.05) is 24.3 Å². The molecule has 0 saturated heterocycles. The number of aromatic nitrogens is 1. The Bertz CT molecular complexity index is 3030. The minimum Gasteiger partial charge on any atom is -0.454 e. The van der Waals surface area contributed by atoms with Gasteiger partial charge in [-0.1, -0.05) is 109 Å². The summed E-state index contributed by atoms with van der Waals surface area (Å²) in [5, 5.41) is 4.52. The van der Waals surface area contributed by atoms with Gasteiger partial charge in [0.1, 0.15) is 11.4 Å². The molecule has 4 heteroatoms. The van der Waals surface area contributed by atoms with Crippen LogP contribution >= 0.6 is 0 Å². The Hall–Kier alpha value is -6.91. The summed E-state index contributed by atoms with van der Waals surface area (Å²) in [5.41, 5.74) is 14.0. The second-order valence-electron chi connectivity index (χ2n) is 13.8. The zero-order valence-corrected chi connectivity index (χ0v) is 28.6. The fourth-order valence-corrected chi connectivity index (χ4v) is 8.64. The number of furan rings is 1. The van der Waals surface area contributed by atoms with Gasteiger partial charge in [0.15, 0.2) is 5.58 Å². The van der Waals surface area contributed by atoms with Crippen LogP contribution in [0.5, 0.6) is 0 Å². The summed E-state index contributed by atoms with van der Waals surface area (Å²) < 4.78 is 23.2. The topological polar surface area (TPSA) is 21.3 Å². The lowest BCUT2D eigenvalue weighted by Crippen LogP contribution is -2.11. The van der Waals surface area contributed by atoms with Crippen LogP contribution in [0.1, 0.15) is 22.6 Å². The van der Waals surface area contributed by atoms with E-state index < -0.39 is 0 Å². The predicted molar refractivity (Wildman–Crippen MR) is 216 cm³/mol. The van der Waals surface area contributed by atoms with E-state index in [1.54, 1.807) is 12.1 Å². The molecule has 1 atom stereocenters.